The molecule has 9 heteroatoms. The second kappa shape index (κ2) is 9.43. The number of likely N-dealkylation sites (tertiary alicyclic amines) is 1. The van der Waals surface area contributed by atoms with E-state index in [2.05, 4.69) is 28.1 Å². The van der Waals surface area contributed by atoms with Crippen LogP contribution in [0, 0.1) is 17.3 Å². The molecular formula is C31H34F3N5O. The summed E-state index contributed by atoms with van der Waals surface area (Å²) in [5.74, 6) is 0.811. The van der Waals surface area contributed by atoms with Gasteiger partial charge in [-0.1, -0.05) is 25.5 Å². The van der Waals surface area contributed by atoms with Gasteiger partial charge in [0.25, 0.3) is 0 Å². The number of hydrogen-bond donors (Lipinski definition) is 0. The van der Waals surface area contributed by atoms with Crippen molar-refractivity contribution in [1.82, 2.24) is 13.9 Å². The van der Waals surface area contributed by atoms with Crippen LogP contribution in [-0.2, 0) is 12.7 Å². The van der Waals surface area contributed by atoms with Crippen molar-refractivity contribution in [2.75, 3.05) is 13.1 Å². The Morgan fingerprint density at radius 3 is 2.60 bits per heavy atom. The molecule has 7 rings (SSSR count). The molecule has 0 radical (unpaired) electrons. The molecule has 2 aromatic heterocycles. The van der Waals surface area contributed by atoms with E-state index in [4.69, 9.17) is 0 Å². The fraction of sp³-hybridized carbons (Fsp3) is 0.516. The van der Waals surface area contributed by atoms with Gasteiger partial charge in [0.2, 0.25) is 0 Å². The lowest BCUT2D eigenvalue weighted by Crippen LogP contribution is -2.47. The molecule has 0 N–H and O–H groups in total. The Balaban J connectivity index is 1.28. The van der Waals surface area contributed by atoms with Crippen LogP contribution in [0.4, 0.5) is 13.2 Å². The minimum absolute atomic E-state index is 0.0790. The van der Waals surface area contributed by atoms with Gasteiger partial charge in [-0.15, -0.1) is 0 Å². The lowest BCUT2D eigenvalue weighted by Gasteiger charge is -2.40. The summed E-state index contributed by atoms with van der Waals surface area (Å²) < 4.78 is 45.2. The molecule has 2 unspecified atom stereocenters. The zero-order chi connectivity index (χ0) is 27.6. The Hall–Kier alpha value is -3.20. The summed E-state index contributed by atoms with van der Waals surface area (Å²) in [6.07, 6.45) is 7.90. The van der Waals surface area contributed by atoms with Gasteiger partial charge in [-0.25, -0.2) is 4.79 Å². The van der Waals surface area contributed by atoms with Crippen molar-refractivity contribution < 1.29 is 13.2 Å². The van der Waals surface area contributed by atoms with Gasteiger partial charge in [0.1, 0.15) is 0 Å². The summed E-state index contributed by atoms with van der Waals surface area (Å²) in [5, 5.41) is 8.91. The summed E-state index contributed by atoms with van der Waals surface area (Å²) in [4.78, 5) is 15.8. The highest BCUT2D eigenvalue weighted by Crippen LogP contribution is 2.53. The second-order valence-corrected chi connectivity index (χ2v) is 12.5. The molecule has 1 spiro atoms. The monoisotopic (exact) mass is 549 g/mol. The topological polar surface area (TPSA) is 54.4 Å². The SMILES string of the molecule is CC1CCC=NN=C1C(c1cccc(-n2cc3c(C(F)(F)F)cc(CN4CC5(CC5)C4)cn3c2=O)c1)C1CCC1. The molecule has 3 fully saturated rings. The number of imidazole rings is 1. The van der Waals surface area contributed by atoms with Crippen LogP contribution in [-0.4, -0.2) is 38.9 Å². The van der Waals surface area contributed by atoms with E-state index in [1.807, 2.05) is 18.3 Å². The van der Waals surface area contributed by atoms with Crippen LogP contribution in [0.1, 0.15) is 74.5 Å². The molecule has 0 bridgehead atoms. The van der Waals surface area contributed by atoms with E-state index < -0.39 is 17.4 Å². The number of fused-ring (bicyclic) bond motifs is 1. The van der Waals surface area contributed by atoms with Crippen LogP contribution >= 0.6 is 0 Å². The first-order valence-electron chi connectivity index (χ1n) is 14.5. The number of nitrogens with zero attached hydrogens (tertiary/aromatic N) is 5. The van der Waals surface area contributed by atoms with Crippen molar-refractivity contribution in [3.8, 4) is 5.69 Å². The molecule has 4 aliphatic rings. The number of halogens is 3. The third kappa shape index (κ3) is 4.52. The first-order chi connectivity index (χ1) is 19.2. The summed E-state index contributed by atoms with van der Waals surface area (Å²) in [6, 6.07) is 8.91. The normalized spacial score (nSPS) is 23.5. The predicted molar refractivity (Wildman–Crippen MR) is 149 cm³/mol. The zero-order valence-electron chi connectivity index (χ0n) is 22.7. The molecule has 2 aliphatic carbocycles. The highest BCUT2D eigenvalue weighted by Gasteiger charge is 2.52. The summed E-state index contributed by atoms with van der Waals surface area (Å²) >= 11 is 0. The van der Waals surface area contributed by atoms with Gasteiger partial charge in [0.05, 0.1) is 22.5 Å². The molecule has 0 amide bonds. The molecule has 1 aromatic carbocycles. The van der Waals surface area contributed by atoms with Gasteiger partial charge < -0.3 is 0 Å². The summed E-state index contributed by atoms with van der Waals surface area (Å²) in [5.41, 5.74) is 2.19. The van der Waals surface area contributed by atoms with Crippen LogP contribution in [0.15, 0.2) is 57.7 Å². The van der Waals surface area contributed by atoms with E-state index in [-0.39, 0.29) is 17.4 Å². The third-order valence-corrected chi connectivity index (χ3v) is 9.55. The standard InChI is InChI=1S/C31H34F3N5O/c1-20-5-4-12-35-36-28(20)27(22-6-2-7-22)23-8-3-9-24(14-23)38-17-26-25(31(32,33)34)13-21(16-39(26)29(38)40)15-37-18-30(19-37)10-11-30/h3,8-9,12-14,16-17,20,22,27H,2,4-7,10-11,15,18-19H2,1H3. The Kier molecular flexibility index (Phi) is 6.07. The maximum Gasteiger partial charge on any atom is 0.418 e. The second-order valence-electron chi connectivity index (χ2n) is 12.5. The van der Waals surface area contributed by atoms with Gasteiger partial charge in [-0.2, -0.15) is 23.4 Å². The summed E-state index contributed by atoms with van der Waals surface area (Å²) in [6.45, 7) is 4.45. The first kappa shape index (κ1) is 25.7. The van der Waals surface area contributed by atoms with E-state index >= 15 is 0 Å². The van der Waals surface area contributed by atoms with Gasteiger partial charge in [-0.05, 0) is 85.1 Å². The fourth-order valence-electron chi connectivity index (χ4n) is 6.94. The van der Waals surface area contributed by atoms with Crippen molar-refractivity contribution in [2.24, 2.45) is 27.5 Å². The van der Waals surface area contributed by atoms with E-state index in [1.165, 1.54) is 40.5 Å². The molecule has 2 saturated carbocycles. The highest BCUT2D eigenvalue weighted by molar-refractivity contribution is 5.94. The van der Waals surface area contributed by atoms with Crippen molar-refractivity contribution in [3.63, 3.8) is 0 Å². The highest BCUT2D eigenvalue weighted by atomic mass is 19.4. The lowest BCUT2D eigenvalue weighted by atomic mass is 9.68. The van der Waals surface area contributed by atoms with E-state index in [0.717, 1.165) is 50.0 Å². The third-order valence-electron chi connectivity index (χ3n) is 9.55. The minimum Gasteiger partial charge on any atom is -0.298 e. The quantitative estimate of drug-likeness (QED) is 0.355. The van der Waals surface area contributed by atoms with Gasteiger partial charge in [0.15, 0.2) is 0 Å². The predicted octanol–water partition coefficient (Wildman–Crippen LogP) is 6.45. The lowest BCUT2D eigenvalue weighted by molar-refractivity contribution is -0.136. The molecule has 210 valence electrons. The minimum atomic E-state index is -4.57. The molecule has 2 atom stereocenters. The molecule has 4 heterocycles. The van der Waals surface area contributed by atoms with Gasteiger partial charge in [0, 0.05) is 44.2 Å². The Morgan fingerprint density at radius 2 is 1.90 bits per heavy atom. The van der Waals surface area contributed by atoms with Gasteiger partial charge >= 0.3 is 11.9 Å². The van der Waals surface area contributed by atoms with Crippen LogP contribution in [0.2, 0.25) is 0 Å². The van der Waals surface area contributed by atoms with Crippen LogP contribution in [0.5, 0.6) is 0 Å². The number of benzene rings is 1. The molecular weight excluding hydrogens is 515 g/mol. The Labute approximate surface area is 231 Å². The number of pyridine rings is 1. The number of hydrogen-bond acceptors (Lipinski definition) is 4. The van der Waals surface area contributed by atoms with Crippen LogP contribution < -0.4 is 5.69 Å². The summed E-state index contributed by atoms with van der Waals surface area (Å²) in [7, 11) is 0. The average Bonchev–Trinajstić information content (AvgIpc) is 3.63. The van der Waals surface area contributed by atoms with E-state index in [1.54, 1.807) is 12.3 Å². The first-order valence-corrected chi connectivity index (χ1v) is 14.5. The Bertz CT molecular complexity index is 1570. The maximum absolute atomic E-state index is 14.2. The zero-order valence-corrected chi connectivity index (χ0v) is 22.7. The van der Waals surface area contributed by atoms with Gasteiger partial charge in [-0.3, -0.25) is 13.9 Å². The van der Waals surface area contributed by atoms with E-state index in [9.17, 15) is 18.0 Å². The van der Waals surface area contributed by atoms with Crippen LogP contribution in [0.25, 0.3) is 11.2 Å². The van der Waals surface area contributed by atoms with E-state index in [0.29, 0.717) is 29.1 Å². The Morgan fingerprint density at radius 1 is 1.10 bits per heavy atom. The van der Waals surface area contributed by atoms with Crippen molar-refractivity contribution in [1.29, 1.82) is 0 Å². The number of alkyl halides is 3. The molecule has 2 aliphatic heterocycles. The largest absolute Gasteiger partial charge is 0.418 e. The number of rotatable bonds is 6. The van der Waals surface area contributed by atoms with Crippen molar-refractivity contribution in [2.45, 2.75) is 70.5 Å². The number of aromatic nitrogens is 2. The molecule has 40 heavy (non-hydrogen) atoms. The molecule has 1 saturated heterocycles. The smallest absolute Gasteiger partial charge is 0.298 e. The fourth-order valence-corrected chi connectivity index (χ4v) is 6.94. The average molecular weight is 550 g/mol. The van der Waals surface area contributed by atoms with Crippen molar-refractivity contribution in [3.05, 3.63) is 69.9 Å². The maximum atomic E-state index is 14.2. The van der Waals surface area contributed by atoms with Crippen LogP contribution in [0.3, 0.4) is 0 Å². The molecule has 6 nitrogen and oxygen atoms in total. The molecule has 3 aromatic rings. The van der Waals surface area contributed by atoms with Crippen molar-refractivity contribution >= 4 is 17.4 Å².